The Kier molecular flexibility index (Phi) is 3.42. The minimum Gasteiger partial charge on any atom is -0.388 e. The van der Waals surface area contributed by atoms with Gasteiger partial charge in [0.1, 0.15) is 6.61 Å². The molecule has 0 bridgehead atoms. The molecule has 0 radical (unpaired) electrons. The Balaban J connectivity index is 2.57. The molecule has 16 heavy (non-hydrogen) atoms. The molecule has 0 aliphatic carbocycles. The first-order valence-corrected chi connectivity index (χ1v) is 6.31. The average Bonchev–Trinajstić information content (AvgIpc) is 2.70. The van der Waals surface area contributed by atoms with Crippen molar-refractivity contribution in [2.75, 3.05) is 6.26 Å². The quantitative estimate of drug-likeness (QED) is 0.650. The number of nitrogens with one attached hydrogen (secondary N) is 1. The predicted octanol–water partition coefficient (Wildman–Crippen LogP) is 2.14. The van der Waals surface area contributed by atoms with Crippen molar-refractivity contribution < 1.29 is 5.11 Å². The van der Waals surface area contributed by atoms with Gasteiger partial charge in [0.15, 0.2) is 10.6 Å². The molecule has 84 valence electrons. The number of rotatable bonds is 3. The summed E-state index contributed by atoms with van der Waals surface area (Å²) in [5.41, 5.74) is 0.912. The molecular formula is C10H11N3OS2. The largest absolute Gasteiger partial charge is 0.388 e. The van der Waals surface area contributed by atoms with Gasteiger partial charge in [-0.2, -0.15) is 5.10 Å². The Hall–Kier alpha value is -1.11. The van der Waals surface area contributed by atoms with E-state index < -0.39 is 0 Å². The highest BCUT2D eigenvalue weighted by Crippen LogP contribution is 2.19. The number of thioether (sulfide) groups is 1. The molecule has 1 aromatic carbocycles. The number of nitrogens with zero attached hydrogens (tertiary/aromatic N) is 2. The fourth-order valence-electron chi connectivity index (χ4n) is 1.45. The Morgan fingerprint density at radius 2 is 2.38 bits per heavy atom. The minimum absolute atomic E-state index is 0.142. The van der Waals surface area contributed by atoms with Gasteiger partial charge in [0.25, 0.3) is 0 Å². The van der Waals surface area contributed by atoms with E-state index in [1.54, 1.807) is 16.3 Å². The van der Waals surface area contributed by atoms with Crippen molar-refractivity contribution in [3.05, 3.63) is 34.9 Å². The van der Waals surface area contributed by atoms with Gasteiger partial charge in [-0.3, -0.25) is 9.67 Å². The Labute approximate surface area is 102 Å². The van der Waals surface area contributed by atoms with Crippen LogP contribution in [0.5, 0.6) is 0 Å². The van der Waals surface area contributed by atoms with Crippen molar-refractivity contribution in [3.8, 4) is 5.69 Å². The maximum Gasteiger partial charge on any atom is 0.199 e. The maximum absolute atomic E-state index is 9.16. The second-order valence-electron chi connectivity index (χ2n) is 3.14. The fourth-order valence-corrected chi connectivity index (χ4v) is 2.16. The van der Waals surface area contributed by atoms with Gasteiger partial charge in [-0.15, -0.1) is 11.8 Å². The van der Waals surface area contributed by atoms with Gasteiger partial charge in [0.2, 0.25) is 0 Å². The van der Waals surface area contributed by atoms with Crippen LogP contribution in [0, 0.1) is 4.77 Å². The summed E-state index contributed by atoms with van der Waals surface area (Å²) in [7, 11) is 0. The van der Waals surface area contributed by atoms with Crippen LogP contribution >= 0.6 is 24.0 Å². The summed E-state index contributed by atoms with van der Waals surface area (Å²) < 4.78 is 2.22. The zero-order valence-corrected chi connectivity index (χ0v) is 10.3. The lowest BCUT2D eigenvalue weighted by molar-refractivity contribution is 0.269. The molecule has 0 amide bonds. The zero-order chi connectivity index (χ0) is 11.5. The van der Waals surface area contributed by atoms with Crippen molar-refractivity contribution in [1.82, 2.24) is 14.8 Å². The van der Waals surface area contributed by atoms with Crippen molar-refractivity contribution in [3.63, 3.8) is 0 Å². The van der Waals surface area contributed by atoms with Gasteiger partial charge < -0.3 is 5.11 Å². The second kappa shape index (κ2) is 4.82. The van der Waals surface area contributed by atoms with E-state index in [0.29, 0.717) is 10.6 Å². The molecule has 1 heterocycles. The van der Waals surface area contributed by atoms with Crippen LogP contribution in [0.1, 0.15) is 5.82 Å². The molecule has 1 aromatic heterocycles. The van der Waals surface area contributed by atoms with E-state index in [1.807, 2.05) is 30.5 Å². The van der Waals surface area contributed by atoms with E-state index in [9.17, 15) is 0 Å². The molecular weight excluding hydrogens is 242 g/mol. The number of aliphatic hydroxyl groups is 1. The Bertz CT molecular complexity index is 547. The number of aromatic nitrogens is 3. The molecule has 0 atom stereocenters. The molecule has 2 aromatic rings. The normalized spacial score (nSPS) is 10.6. The van der Waals surface area contributed by atoms with Gasteiger partial charge in [-0.25, -0.2) is 0 Å². The number of H-pyrrole nitrogens is 1. The summed E-state index contributed by atoms with van der Waals surface area (Å²) >= 11 is 6.79. The van der Waals surface area contributed by atoms with E-state index in [4.69, 9.17) is 17.3 Å². The van der Waals surface area contributed by atoms with E-state index >= 15 is 0 Å². The predicted molar refractivity (Wildman–Crippen MR) is 66.5 cm³/mol. The highest BCUT2D eigenvalue weighted by atomic mass is 32.2. The molecule has 2 N–H and O–H groups in total. The topological polar surface area (TPSA) is 53.8 Å². The Morgan fingerprint density at radius 3 is 3.06 bits per heavy atom. The van der Waals surface area contributed by atoms with Gasteiger partial charge >= 0.3 is 0 Å². The first-order chi connectivity index (χ1) is 7.76. The maximum atomic E-state index is 9.16. The van der Waals surface area contributed by atoms with Crippen molar-refractivity contribution >= 4 is 24.0 Å². The van der Waals surface area contributed by atoms with E-state index in [2.05, 4.69) is 10.2 Å². The number of benzene rings is 1. The first-order valence-electron chi connectivity index (χ1n) is 4.68. The van der Waals surface area contributed by atoms with E-state index in [0.717, 1.165) is 10.6 Å². The summed E-state index contributed by atoms with van der Waals surface area (Å²) in [6, 6.07) is 7.92. The van der Waals surface area contributed by atoms with Crippen LogP contribution in [0.2, 0.25) is 0 Å². The van der Waals surface area contributed by atoms with E-state index in [-0.39, 0.29) is 6.61 Å². The fraction of sp³-hybridized carbons (Fsp3) is 0.200. The van der Waals surface area contributed by atoms with Crippen molar-refractivity contribution in [2.45, 2.75) is 11.5 Å². The molecule has 0 aliphatic heterocycles. The molecule has 0 aliphatic rings. The summed E-state index contributed by atoms with van der Waals surface area (Å²) in [5.74, 6) is 0.517. The molecule has 0 spiro atoms. The van der Waals surface area contributed by atoms with Crippen LogP contribution in [0.4, 0.5) is 0 Å². The van der Waals surface area contributed by atoms with Gasteiger partial charge in [0.05, 0.1) is 5.69 Å². The lowest BCUT2D eigenvalue weighted by Crippen LogP contribution is -2.01. The molecule has 6 heteroatoms. The third-order valence-electron chi connectivity index (χ3n) is 2.19. The summed E-state index contributed by atoms with van der Waals surface area (Å²) in [6.07, 6.45) is 2.01. The third-order valence-corrected chi connectivity index (χ3v) is 3.19. The molecule has 4 nitrogen and oxygen atoms in total. The highest BCUT2D eigenvalue weighted by Gasteiger charge is 2.07. The van der Waals surface area contributed by atoms with Gasteiger partial charge in [-0.05, 0) is 36.7 Å². The van der Waals surface area contributed by atoms with Crippen LogP contribution in [0.25, 0.3) is 5.69 Å². The van der Waals surface area contributed by atoms with E-state index in [1.165, 1.54) is 0 Å². The number of aromatic amines is 1. The second-order valence-corrected chi connectivity index (χ2v) is 4.41. The lowest BCUT2D eigenvalue weighted by Gasteiger charge is -2.06. The first kappa shape index (κ1) is 11.4. The van der Waals surface area contributed by atoms with Crippen LogP contribution in [-0.4, -0.2) is 26.1 Å². The smallest absolute Gasteiger partial charge is 0.199 e. The molecule has 0 unspecified atom stereocenters. The number of aliphatic hydroxyl groups excluding tert-OH is 1. The summed E-state index contributed by atoms with van der Waals surface area (Å²) in [4.78, 5) is 1.14. The molecule has 0 saturated carbocycles. The highest BCUT2D eigenvalue weighted by molar-refractivity contribution is 7.98. The SMILES string of the molecule is CSc1cccc(-n2c(CO)n[nH]c2=S)c1. The summed E-state index contributed by atoms with van der Waals surface area (Å²) in [6.45, 7) is -0.142. The molecule has 0 fully saturated rings. The Morgan fingerprint density at radius 1 is 1.56 bits per heavy atom. The third kappa shape index (κ3) is 2.04. The summed E-state index contributed by atoms with van der Waals surface area (Å²) in [5, 5.41) is 15.8. The van der Waals surface area contributed by atoms with Crippen LogP contribution in [0.15, 0.2) is 29.2 Å². The standard InChI is InChI=1S/C10H11N3OS2/c1-16-8-4-2-3-7(5-8)13-9(6-14)11-12-10(13)15/h2-5,14H,6H2,1H3,(H,12,15). The number of hydrogen-bond donors (Lipinski definition) is 2. The van der Waals surface area contributed by atoms with Gasteiger partial charge in [0, 0.05) is 4.90 Å². The number of hydrogen-bond acceptors (Lipinski definition) is 4. The minimum atomic E-state index is -0.142. The van der Waals surface area contributed by atoms with Crippen molar-refractivity contribution in [1.29, 1.82) is 0 Å². The van der Waals surface area contributed by atoms with Crippen LogP contribution < -0.4 is 0 Å². The lowest BCUT2D eigenvalue weighted by atomic mass is 10.3. The average molecular weight is 253 g/mol. The van der Waals surface area contributed by atoms with Crippen LogP contribution in [-0.2, 0) is 6.61 Å². The molecule has 0 saturated heterocycles. The zero-order valence-electron chi connectivity index (χ0n) is 8.67. The van der Waals surface area contributed by atoms with Crippen LogP contribution in [0.3, 0.4) is 0 Å². The van der Waals surface area contributed by atoms with Gasteiger partial charge in [-0.1, -0.05) is 6.07 Å². The molecule has 2 rings (SSSR count). The van der Waals surface area contributed by atoms with Crippen molar-refractivity contribution in [2.24, 2.45) is 0 Å². The monoisotopic (exact) mass is 253 g/mol.